The minimum atomic E-state index is -4.31. The first-order chi connectivity index (χ1) is 12.6. The van der Waals surface area contributed by atoms with Gasteiger partial charge in [0, 0.05) is 11.1 Å². The minimum Gasteiger partial charge on any atom is -0.497 e. The van der Waals surface area contributed by atoms with Gasteiger partial charge in [0.1, 0.15) is 22.4 Å². The summed E-state index contributed by atoms with van der Waals surface area (Å²) in [6, 6.07) is 7.24. The molecule has 0 saturated carbocycles. The average molecular weight is 453 g/mol. The zero-order valence-corrected chi connectivity index (χ0v) is 17.7. The van der Waals surface area contributed by atoms with Crippen LogP contribution in [0.4, 0.5) is 5.69 Å². The number of sulfonamides is 1. The van der Waals surface area contributed by atoms with Crippen LogP contribution in [0.3, 0.4) is 0 Å². The van der Waals surface area contributed by atoms with Crippen LogP contribution < -0.4 is 13.8 Å². The molecule has 0 aliphatic carbocycles. The molecule has 0 saturated heterocycles. The topological polar surface area (TPSA) is 72.9 Å². The first-order valence-electron chi connectivity index (χ1n) is 7.54. The fourth-order valence-corrected chi connectivity index (χ4v) is 4.91. The van der Waals surface area contributed by atoms with Gasteiger partial charge in [-0.15, -0.1) is 0 Å². The summed E-state index contributed by atoms with van der Waals surface area (Å²) in [6.07, 6.45) is 0. The van der Waals surface area contributed by atoms with Crippen molar-refractivity contribution in [2.45, 2.75) is 17.9 Å². The molecule has 0 aliphatic heterocycles. The molecule has 27 heavy (non-hydrogen) atoms. The summed E-state index contributed by atoms with van der Waals surface area (Å²) in [6.45, 7) is 1.36. The van der Waals surface area contributed by atoms with Gasteiger partial charge in [-0.05, 0) is 48.9 Å². The molecule has 1 atom stereocenters. The standard InChI is InChI=1S/C17H16Cl3NO5S/c1-10(17(20)22)21(14-7-5-12(25-2)9-15(14)26-3)27(23,24)16-8-11(18)4-6-13(16)19/h4-10H,1-3H3. The highest BCUT2D eigenvalue weighted by atomic mass is 35.5. The number of nitrogens with zero attached hydrogens (tertiary/aromatic N) is 1. The second-order valence-electron chi connectivity index (χ2n) is 5.39. The summed E-state index contributed by atoms with van der Waals surface area (Å²) in [4.78, 5) is 11.6. The molecule has 1 unspecified atom stereocenters. The average Bonchev–Trinajstić information content (AvgIpc) is 2.63. The number of carbonyl (C=O) groups is 1. The van der Waals surface area contributed by atoms with E-state index in [0.29, 0.717) is 5.75 Å². The van der Waals surface area contributed by atoms with Crippen LogP contribution in [0.1, 0.15) is 6.92 Å². The molecule has 0 fully saturated rings. The van der Waals surface area contributed by atoms with Crippen molar-refractivity contribution >= 4 is 55.8 Å². The number of ether oxygens (including phenoxy) is 2. The lowest BCUT2D eigenvalue weighted by Crippen LogP contribution is -2.42. The third-order valence-corrected chi connectivity index (χ3v) is 6.65. The Hall–Kier alpha value is -1.67. The Morgan fingerprint density at radius 1 is 1.07 bits per heavy atom. The lowest BCUT2D eigenvalue weighted by molar-refractivity contribution is -0.112. The van der Waals surface area contributed by atoms with Gasteiger partial charge in [0.05, 0.1) is 24.9 Å². The highest BCUT2D eigenvalue weighted by Crippen LogP contribution is 2.39. The number of anilines is 1. The van der Waals surface area contributed by atoms with Gasteiger partial charge >= 0.3 is 0 Å². The maximum absolute atomic E-state index is 13.4. The van der Waals surface area contributed by atoms with E-state index in [1.165, 1.54) is 57.5 Å². The molecule has 2 aromatic rings. The van der Waals surface area contributed by atoms with E-state index in [9.17, 15) is 13.2 Å². The minimum absolute atomic E-state index is 0.0499. The molecule has 146 valence electrons. The molecule has 0 amide bonds. The fraction of sp³-hybridized carbons (Fsp3) is 0.235. The Balaban J connectivity index is 2.76. The Kier molecular flexibility index (Phi) is 6.86. The molecular weight excluding hydrogens is 437 g/mol. The smallest absolute Gasteiger partial charge is 0.266 e. The van der Waals surface area contributed by atoms with Gasteiger partial charge in [-0.25, -0.2) is 8.42 Å². The van der Waals surface area contributed by atoms with Crippen LogP contribution in [0.15, 0.2) is 41.3 Å². The number of methoxy groups -OCH3 is 2. The van der Waals surface area contributed by atoms with Gasteiger partial charge in [0.25, 0.3) is 10.0 Å². The lowest BCUT2D eigenvalue weighted by atomic mass is 10.2. The van der Waals surface area contributed by atoms with Crippen molar-refractivity contribution in [2.75, 3.05) is 18.5 Å². The Bertz CT molecular complexity index is 965. The molecule has 10 heteroatoms. The van der Waals surface area contributed by atoms with Crippen LogP contribution in [0.5, 0.6) is 11.5 Å². The van der Waals surface area contributed by atoms with E-state index < -0.39 is 21.3 Å². The Labute approximate surface area is 172 Å². The highest BCUT2D eigenvalue weighted by molar-refractivity contribution is 7.93. The van der Waals surface area contributed by atoms with Crippen molar-refractivity contribution < 1.29 is 22.7 Å². The van der Waals surface area contributed by atoms with E-state index in [1.807, 2.05) is 0 Å². The van der Waals surface area contributed by atoms with E-state index >= 15 is 0 Å². The summed E-state index contributed by atoms with van der Waals surface area (Å²) in [5.41, 5.74) is 0.0934. The molecule has 0 N–H and O–H groups in total. The van der Waals surface area contributed by atoms with Crippen LogP contribution in [-0.2, 0) is 14.8 Å². The van der Waals surface area contributed by atoms with E-state index in [1.54, 1.807) is 0 Å². The van der Waals surface area contributed by atoms with Crippen LogP contribution in [0.25, 0.3) is 0 Å². The second kappa shape index (κ2) is 8.56. The number of carbonyl (C=O) groups excluding carboxylic acids is 1. The summed E-state index contributed by atoms with van der Waals surface area (Å²) in [5.74, 6) is 0.611. The molecular formula is C17H16Cl3NO5S. The maximum Gasteiger partial charge on any atom is 0.266 e. The van der Waals surface area contributed by atoms with Gasteiger partial charge in [-0.2, -0.15) is 0 Å². The number of hydrogen-bond acceptors (Lipinski definition) is 5. The number of rotatable bonds is 7. The second-order valence-corrected chi connectivity index (χ2v) is 8.39. The molecule has 0 spiro atoms. The van der Waals surface area contributed by atoms with Crippen LogP contribution >= 0.6 is 34.8 Å². The molecule has 0 radical (unpaired) electrons. The van der Waals surface area contributed by atoms with E-state index in [0.717, 1.165) is 4.31 Å². The predicted octanol–water partition coefficient (Wildman–Crippen LogP) is 4.36. The molecule has 6 nitrogen and oxygen atoms in total. The van der Waals surface area contributed by atoms with Crippen molar-refractivity contribution in [3.63, 3.8) is 0 Å². The lowest BCUT2D eigenvalue weighted by Gasteiger charge is -2.30. The monoisotopic (exact) mass is 451 g/mol. The van der Waals surface area contributed by atoms with Crippen molar-refractivity contribution in [2.24, 2.45) is 0 Å². The van der Waals surface area contributed by atoms with Gasteiger partial charge in [-0.1, -0.05) is 23.2 Å². The first-order valence-corrected chi connectivity index (χ1v) is 10.1. The number of hydrogen-bond donors (Lipinski definition) is 0. The maximum atomic E-state index is 13.4. The Morgan fingerprint density at radius 2 is 1.74 bits per heavy atom. The quantitative estimate of drug-likeness (QED) is 0.584. The zero-order chi connectivity index (χ0) is 20.4. The van der Waals surface area contributed by atoms with E-state index in [2.05, 4.69) is 0 Å². The van der Waals surface area contributed by atoms with Gasteiger partial charge in [-0.3, -0.25) is 9.10 Å². The van der Waals surface area contributed by atoms with Crippen LogP contribution in [0.2, 0.25) is 10.0 Å². The third kappa shape index (κ3) is 4.43. The van der Waals surface area contributed by atoms with Crippen molar-refractivity contribution in [1.29, 1.82) is 0 Å². The molecule has 0 bridgehead atoms. The summed E-state index contributed by atoms with van der Waals surface area (Å²) < 4.78 is 38.0. The van der Waals surface area contributed by atoms with Crippen LogP contribution in [0, 0.1) is 0 Å². The van der Waals surface area contributed by atoms with Crippen molar-refractivity contribution in [3.8, 4) is 11.5 Å². The van der Waals surface area contributed by atoms with Crippen molar-refractivity contribution in [3.05, 3.63) is 46.4 Å². The van der Waals surface area contributed by atoms with Gasteiger partial charge in [0.2, 0.25) is 5.24 Å². The zero-order valence-electron chi connectivity index (χ0n) is 14.6. The summed E-state index contributed by atoms with van der Waals surface area (Å²) in [7, 11) is -1.49. The SMILES string of the molecule is COc1ccc(N(C(C)C(=O)Cl)S(=O)(=O)c2cc(Cl)ccc2Cl)c(OC)c1. The van der Waals surface area contributed by atoms with E-state index in [-0.39, 0.29) is 26.4 Å². The van der Waals surface area contributed by atoms with Crippen LogP contribution in [-0.4, -0.2) is 33.9 Å². The molecule has 0 aliphatic rings. The molecule has 2 rings (SSSR count). The van der Waals surface area contributed by atoms with Gasteiger partial charge in [0.15, 0.2) is 0 Å². The first kappa shape index (κ1) is 21.6. The highest BCUT2D eigenvalue weighted by Gasteiger charge is 2.36. The number of benzene rings is 2. The Morgan fingerprint density at radius 3 is 2.30 bits per heavy atom. The molecule has 0 aromatic heterocycles. The normalized spacial score (nSPS) is 12.4. The van der Waals surface area contributed by atoms with Crippen molar-refractivity contribution in [1.82, 2.24) is 0 Å². The molecule has 2 aromatic carbocycles. The summed E-state index contributed by atoms with van der Waals surface area (Å²) >= 11 is 17.6. The number of halogens is 3. The molecule has 0 heterocycles. The third-order valence-electron chi connectivity index (χ3n) is 3.73. The largest absolute Gasteiger partial charge is 0.497 e. The fourth-order valence-electron chi connectivity index (χ4n) is 2.39. The van der Waals surface area contributed by atoms with E-state index in [4.69, 9.17) is 44.3 Å². The van der Waals surface area contributed by atoms with Gasteiger partial charge < -0.3 is 9.47 Å². The predicted molar refractivity (Wildman–Crippen MR) is 106 cm³/mol. The summed E-state index contributed by atoms with van der Waals surface area (Å²) in [5, 5.41) is -0.759.